The number of fused-ring (bicyclic) bond motifs is 3. The Morgan fingerprint density at radius 2 is 1.91 bits per heavy atom. The van der Waals surface area contributed by atoms with Crippen molar-refractivity contribution in [1.29, 1.82) is 0 Å². The predicted molar refractivity (Wildman–Crippen MR) is 128 cm³/mol. The van der Waals surface area contributed by atoms with E-state index in [9.17, 15) is 9.90 Å². The van der Waals surface area contributed by atoms with Crippen LogP contribution >= 0.6 is 0 Å². The molecule has 166 valence electrons. The Bertz CT molecular complexity index is 1720. The van der Waals surface area contributed by atoms with Gasteiger partial charge in [-0.25, -0.2) is 14.5 Å². The van der Waals surface area contributed by atoms with Gasteiger partial charge in [0, 0.05) is 22.5 Å². The zero-order valence-electron chi connectivity index (χ0n) is 18.3. The quantitative estimate of drug-likeness (QED) is 0.421. The van der Waals surface area contributed by atoms with E-state index in [0.29, 0.717) is 35.3 Å². The van der Waals surface area contributed by atoms with Crippen molar-refractivity contribution in [2.24, 2.45) is 0 Å². The largest absolute Gasteiger partial charge is 0.463 e. The molecule has 0 aliphatic heterocycles. The Morgan fingerprint density at radius 1 is 1.03 bits per heavy atom. The second-order valence-corrected chi connectivity index (χ2v) is 8.04. The van der Waals surface area contributed by atoms with E-state index in [-0.39, 0.29) is 0 Å². The number of aryl methyl sites for hydroxylation is 1. The Kier molecular flexibility index (Phi) is 4.54. The van der Waals surface area contributed by atoms with Gasteiger partial charge in [-0.1, -0.05) is 36.4 Å². The van der Waals surface area contributed by atoms with Gasteiger partial charge in [0.05, 0.1) is 29.0 Å². The minimum atomic E-state index is -1.11. The first kappa shape index (κ1) is 20.0. The Hall–Kier alpha value is -4.66. The number of nitrogens with zero attached hydrogens (tertiary/aromatic N) is 7. The fourth-order valence-electron chi connectivity index (χ4n) is 4.26. The molecular formula is C25H19N7O2. The smallest absolute Gasteiger partial charge is 0.432 e. The van der Waals surface area contributed by atoms with Gasteiger partial charge in [-0.2, -0.15) is 9.78 Å². The lowest BCUT2D eigenvalue weighted by molar-refractivity contribution is 0.194. The zero-order chi connectivity index (χ0) is 23.2. The van der Waals surface area contributed by atoms with Gasteiger partial charge in [0.25, 0.3) is 0 Å². The topological polar surface area (TPSA) is 112 Å². The lowest BCUT2D eigenvalue weighted by Gasteiger charge is -2.06. The van der Waals surface area contributed by atoms with E-state index in [0.717, 1.165) is 37.8 Å². The maximum absolute atomic E-state index is 11.7. The van der Waals surface area contributed by atoms with Crippen LogP contribution in [0.5, 0.6) is 0 Å². The molecule has 2 aromatic carbocycles. The van der Waals surface area contributed by atoms with E-state index < -0.39 is 6.09 Å². The third kappa shape index (κ3) is 3.25. The van der Waals surface area contributed by atoms with Crippen LogP contribution in [0.2, 0.25) is 0 Å². The molecule has 0 fully saturated rings. The maximum Gasteiger partial charge on any atom is 0.432 e. The van der Waals surface area contributed by atoms with Crippen molar-refractivity contribution in [2.45, 2.75) is 19.9 Å². The van der Waals surface area contributed by atoms with Gasteiger partial charge in [-0.05, 0) is 48.4 Å². The normalized spacial score (nSPS) is 11.6. The van der Waals surface area contributed by atoms with Gasteiger partial charge in [0.2, 0.25) is 0 Å². The van der Waals surface area contributed by atoms with Gasteiger partial charge in [0.15, 0.2) is 5.65 Å². The number of hydrogen-bond acceptors (Lipinski definition) is 6. The van der Waals surface area contributed by atoms with E-state index in [1.807, 2.05) is 61.5 Å². The highest BCUT2D eigenvalue weighted by atomic mass is 16.4. The van der Waals surface area contributed by atoms with Gasteiger partial charge >= 0.3 is 6.09 Å². The standard InChI is InChI=1S/C25H19N7O2/c1-2-19-18-7-6-17(13-23(18)32(29-19)25(33)34)21-9-10-22-24(27-21)31(30-28-22)14-15-5-8-20-16(12-15)4-3-11-26-20/h3-13H,2,14H2,1H3,(H,33,34). The van der Waals surface area contributed by atoms with Gasteiger partial charge < -0.3 is 5.11 Å². The summed E-state index contributed by atoms with van der Waals surface area (Å²) in [5.41, 5.74) is 6.15. The van der Waals surface area contributed by atoms with Gasteiger partial charge in [0.1, 0.15) is 5.52 Å². The predicted octanol–water partition coefficient (Wildman–Crippen LogP) is 4.53. The van der Waals surface area contributed by atoms with Crippen LogP contribution in [-0.2, 0) is 13.0 Å². The van der Waals surface area contributed by atoms with E-state index in [1.165, 1.54) is 0 Å². The second kappa shape index (κ2) is 7.73. The van der Waals surface area contributed by atoms with E-state index in [1.54, 1.807) is 10.9 Å². The van der Waals surface area contributed by atoms with Crippen LogP contribution < -0.4 is 0 Å². The van der Waals surface area contributed by atoms with Crippen molar-refractivity contribution >= 4 is 39.1 Å². The molecule has 4 aromatic heterocycles. The highest BCUT2D eigenvalue weighted by molar-refractivity contribution is 5.92. The maximum atomic E-state index is 11.7. The molecule has 34 heavy (non-hydrogen) atoms. The van der Waals surface area contributed by atoms with Crippen molar-refractivity contribution in [3.8, 4) is 11.3 Å². The second-order valence-electron chi connectivity index (χ2n) is 8.04. The Morgan fingerprint density at radius 3 is 2.76 bits per heavy atom. The minimum Gasteiger partial charge on any atom is -0.463 e. The average Bonchev–Trinajstić information content (AvgIpc) is 3.44. The van der Waals surface area contributed by atoms with Crippen LogP contribution in [0, 0.1) is 0 Å². The van der Waals surface area contributed by atoms with E-state index in [4.69, 9.17) is 4.98 Å². The molecule has 4 heterocycles. The number of benzene rings is 2. The number of aromatic nitrogens is 7. The van der Waals surface area contributed by atoms with Crippen molar-refractivity contribution in [3.63, 3.8) is 0 Å². The van der Waals surface area contributed by atoms with Crippen molar-refractivity contribution < 1.29 is 9.90 Å². The molecule has 0 radical (unpaired) electrons. The zero-order valence-corrected chi connectivity index (χ0v) is 18.3. The molecule has 0 saturated heterocycles. The number of pyridine rings is 2. The summed E-state index contributed by atoms with van der Waals surface area (Å²) in [5, 5.41) is 24.3. The molecule has 0 aliphatic rings. The molecule has 0 saturated carbocycles. The first-order valence-corrected chi connectivity index (χ1v) is 10.9. The summed E-state index contributed by atoms with van der Waals surface area (Å²) in [5.74, 6) is 0. The Balaban J connectivity index is 1.41. The molecule has 0 spiro atoms. The van der Waals surface area contributed by atoms with Crippen LogP contribution in [0.3, 0.4) is 0 Å². The molecule has 0 amide bonds. The fraction of sp³-hybridized carbons (Fsp3) is 0.120. The molecule has 9 heteroatoms. The lowest BCUT2D eigenvalue weighted by atomic mass is 10.1. The molecule has 0 bridgehead atoms. The number of carbonyl (C=O) groups is 1. The van der Waals surface area contributed by atoms with Crippen LogP contribution in [-0.4, -0.2) is 45.9 Å². The van der Waals surface area contributed by atoms with Crippen molar-refractivity contribution in [3.05, 3.63) is 78.1 Å². The summed E-state index contributed by atoms with van der Waals surface area (Å²) >= 11 is 0. The summed E-state index contributed by atoms with van der Waals surface area (Å²) < 4.78 is 2.79. The fourth-order valence-corrected chi connectivity index (χ4v) is 4.26. The highest BCUT2D eigenvalue weighted by Crippen LogP contribution is 2.27. The lowest BCUT2D eigenvalue weighted by Crippen LogP contribution is -2.09. The minimum absolute atomic E-state index is 0.516. The number of rotatable bonds is 4. The van der Waals surface area contributed by atoms with Crippen LogP contribution in [0.1, 0.15) is 18.2 Å². The molecule has 0 unspecified atom stereocenters. The highest BCUT2D eigenvalue weighted by Gasteiger charge is 2.16. The third-order valence-electron chi connectivity index (χ3n) is 5.93. The summed E-state index contributed by atoms with van der Waals surface area (Å²) in [6.45, 7) is 2.47. The first-order chi connectivity index (χ1) is 16.6. The molecule has 6 rings (SSSR count). The first-order valence-electron chi connectivity index (χ1n) is 10.9. The molecule has 0 atom stereocenters. The molecule has 6 aromatic rings. The number of carboxylic acid groups (broad SMARTS) is 1. The summed E-state index contributed by atoms with van der Waals surface area (Å²) in [6.07, 6.45) is 1.32. The van der Waals surface area contributed by atoms with Crippen molar-refractivity contribution in [1.82, 2.24) is 34.7 Å². The van der Waals surface area contributed by atoms with Crippen LogP contribution in [0.15, 0.2) is 66.9 Å². The molecule has 0 aliphatic carbocycles. The average molecular weight is 449 g/mol. The SMILES string of the molecule is CCc1nn(C(=O)O)c2cc(-c3ccc4nnn(Cc5ccc6ncccc6c5)c4n3)ccc12. The molecule has 1 N–H and O–H groups in total. The van der Waals surface area contributed by atoms with Crippen LogP contribution in [0.4, 0.5) is 4.79 Å². The summed E-state index contributed by atoms with van der Waals surface area (Å²) in [4.78, 5) is 20.9. The summed E-state index contributed by atoms with van der Waals surface area (Å²) in [6, 6.07) is 19.5. The summed E-state index contributed by atoms with van der Waals surface area (Å²) in [7, 11) is 0. The van der Waals surface area contributed by atoms with E-state index >= 15 is 0 Å². The van der Waals surface area contributed by atoms with E-state index in [2.05, 4.69) is 26.5 Å². The van der Waals surface area contributed by atoms with Crippen molar-refractivity contribution in [2.75, 3.05) is 0 Å². The molecular weight excluding hydrogens is 430 g/mol. The number of hydrogen-bond donors (Lipinski definition) is 1. The molecule has 9 nitrogen and oxygen atoms in total. The van der Waals surface area contributed by atoms with Gasteiger partial charge in [-0.15, -0.1) is 5.10 Å². The van der Waals surface area contributed by atoms with Crippen LogP contribution in [0.25, 0.3) is 44.2 Å². The Labute approximate surface area is 193 Å². The monoisotopic (exact) mass is 449 g/mol. The third-order valence-corrected chi connectivity index (χ3v) is 5.93. The van der Waals surface area contributed by atoms with Gasteiger partial charge in [-0.3, -0.25) is 4.98 Å².